The van der Waals surface area contributed by atoms with Crippen LogP contribution in [0.1, 0.15) is 0 Å². The molecule has 3 rings (SSSR count). The first-order valence-electron chi connectivity index (χ1n) is 8.10. The molecule has 0 bridgehead atoms. The number of nitrogens with one attached hydrogen (secondary N) is 1. The van der Waals surface area contributed by atoms with Gasteiger partial charge in [-0.1, -0.05) is 18.2 Å². The van der Waals surface area contributed by atoms with Crippen molar-refractivity contribution in [3.63, 3.8) is 0 Å². The van der Waals surface area contributed by atoms with E-state index in [4.69, 9.17) is 4.74 Å². The van der Waals surface area contributed by atoms with Crippen LogP contribution >= 0.6 is 0 Å². The van der Waals surface area contributed by atoms with Crippen LogP contribution < -0.4 is 5.32 Å². The van der Waals surface area contributed by atoms with Crippen molar-refractivity contribution < 1.29 is 8.95 Å². The topological polar surface area (TPSA) is 67.3 Å². The molecule has 1 aromatic carbocycles. The quantitative estimate of drug-likeness (QED) is 0.817. The molecule has 24 heavy (non-hydrogen) atoms. The van der Waals surface area contributed by atoms with Crippen LogP contribution in [0.3, 0.4) is 0 Å². The number of benzene rings is 1. The smallest absolute Gasteiger partial charge is 0.148 e. The molecule has 1 saturated heterocycles. The second-order valence-corrected chi connectivity index (χ2v) is 7.22. The maximum Gasteiger partial charge on any atom is 0.148 e. The fourth-order valence-electron chi connectivity index (χ4n) is 2.62. The molecule has 128 valence electrons. The van der Waals surface area contributed by atoms with Gasteiger partial charge in [-0.15, -0.1) is 5.10 Å². The van der Waals surface area contributed by atoms with Gasteiger partial charge in [0.1, 0.15) is 5.82 Å². The molecule has 1 aliphatic heterocycles. The number of nitrogens with zero attached hydrogens (tertiary/aromatic N) is 3. The summed E-state index contributed by atoms with van der Waals surface area (Å²) < 4.78 is 18.1. The summed E-state index contributed by atoms with van der Waals surface area (Å²) in [5.74, 6) is 1.40. The Labute approximate surface area is 144 Å². The lowest BCUT2D eigenvalue weighted by atomic mass is 10.2. The third-order valence-electron chi connectivity index (χ3n) is 3.91. The van der Waals surface area contributed by atoms with Crippen molar-refractivity contribution >= 4 is 16.6 Å². The van der Waals surface area contributed by atoms with Gasteiger partial charge < -0.3 is 10.1 Å². The summed E-state index contributed by atoms with van der Waals surface area (Å²) >= 11 is 0. The second kappa shape index (κ2) is 8.86. The van der Waals surface area contributed by atoms with Crippen molar-refractivity contribution in [1.82, 2.24) is 15.1 Å². The minimum atomic E-state index is -0.946. The predicted octanol–water partition coefficient (Wildman–Crippen LogP) is 1.40. The molecule has 0 spiro atoms. The van der Waals surface area contributed by atoms with Crippen LogP contribution in [0.4, 0.5) is 5.82 Å². The Kier molecular flexibility index (Phi) is 6.28. The molecular formula is C17H22N4O2S. The van der Waals surface area contributed by atoms with Gasteiger partial charge in [0, 0.05) is 43.0 Å². The van der Waals surface area contributed by atoms with Crippen molar-refractivity contribution in [2.24, 2.45) is 0 Å². The Bertz CT molecular complexity index is 642. The summed E-state index contributed by atoms with van der Waals surface area (Å²) in [6, 6.07) is 13.4. The Morgan fingerprint density at radius 1 is 1.25 bits per heavy atom. The summed E-state index contributed by atoms with van der Waals surface area (Å²) in [4.78, 5) is 3.21. The predicted molar refractivity (Wildman–Crippen MR) is 94.4 cm³/mol. The van der Waals surface area contributed by atoms with Gasteiger partial charge in [0.05, 0.1) is 23.5 Å². The van der Waals surface area contributed by atoms with Crippen LogP contribution in [0, 0.1) is 0 Å². The highest BCUT2D eigenvalue weighted by atomic mass is 32.2. The zero-order valence-corrected chi connectivity index (χ0v) is 14.3. The molecular weight excluding hydrogens is 324 g/mol. The van der Waals surface area contributed by atoms with E-state index in [1.807, 2.05) is 42.5 Å². The first kappa shape index (κ1) is 17.0. The summed E-state index contributed by atoms with van der Waals surface area (Å²) in [5.41, 5.74) is 0. The molecule has 0 saturated carbocycles. The van der Waals surface area contributed by atoms with Gasteiger partial charge in [-0.25, -0.2) is 0 Å². The molecule has 1 N–H and O–H groups in total. The van der Waals surface area contributed by atoms with E-state index >= 15 is 0 Å². The lowest BCUT2D eigenvalue weighted by Gasteiger charge is -2.32. The largest absolute Gasteiger partial charge is 0.374 e. The second-order valence-electron chi connectivity index (χ2n) is 5.65. The van der Waals surface area contributed by atoms with Gasteiger partial charge in [0.15, 0.2) is 0 Å². The van der Waals surface area contributed by atoms with E-state index in [1.165, 1.54) is 0 Å². The van der Waals surface area contributed by atoms with Crippen LogP contribution in [-0.2, 0) is 15.5 Å². The molecule has 0 amide bonds. The summed E-state index contributed by atoms with van der Waals surface area (Å²) in [5, 5.41) is 11.1. The third-order valence-corrected chi connectivity index (χ3v) is 5.26. The zero-order chi connectivity index (χ0) is 16.6. The van der Waals surface area contributed by atoms with Crippen molar-refractivity contribution in [2.75, 3.05) is 43.9 Å². The normalized spacial score (nSPS) is 19.8. The highest BCUT2D eigenvalue weighted by Gasteiger charge is 2.20. The highest BCUT2D eigenvalue weighted by molar-refractivity contribution is 7.85. The van der Waals surface area contributed by atoms with E-state index in [-0.39, 0.29) is 6.10 Å². The van der Waals surface area contributed by atoms with Gasteiger partial charge in [0.2, 0.25) is 0 Å². The van der Waals surface area contributed by atoms with E-state index in [0.29, 0.717) is 18.9 Å². The van der Waals surface area contributed by atoms with Crippen LogP contribution in [-0.4, -0.2) is 63.9 Å². The lowest BCUT2D eigenvalue weighted by molar-refractivity contribution is -0.0189. The monoisotopic (exact) mass is 346 g/mol. The number of morpholine rings is 1. The van der Waals surface area contributed by atoms with Crippen LogP contribution in [0.25, 0.3) is 0 Å². The number of hydrogen-bond donors (Lipinski definition) is 1. The van der Waals surface area contributed by atoms with E-state index in [0.717, 1.165) is 30.3 Å². The lowest BCUT2D eigenvalue weighted by Crippen LogP contribution is -2.46. The fraction of sp³-hybridized carbons (Fsp3) is 0.412. The van der Waals surface area contributed by atoms with E-state index in [9.17, 15) is 4.21 Å². The highest BCUT2D eigenvalue weighted by Crippen LogP contribution is 2.09. The minimum Gasteiger partial charge on any atom is -0.374 e. The van der Waals surface area contributed by atoms with Gasteiger partial charge >= 0.3 is 0 Å². The van der Waals surface area contributed by atoms with Gasteiger partial charge in [0.25, 0.3) is 0 Å². The van der Waals surface area contributed by atoms with E-state index in [2.05, 4.69) is 20.4 Å². The molecule has 0 radical (unpaired) electrons. The number of aromatic nitrogens is 2. The third kappa shape index (κ3) is 5.09. The Hall–Kier alpha value is -1.83. The van der Waals surface area contributed by atoms with Crippen molar-refractivity contribution in [2.45, 2.75) is 11.0 Å². The first-order chi connectivity index (χ1) is 11.8. The zero-order valence-electron chi connectivity index (χ0n) is 13.5. The molecule has 1 aromatic heterocycles. The molecule has 6 nitrogen and oxygen atoms in total. The standard InChI is InChI=1S/C17H22N4O2S/c22-24(16-5-2-1-3-6-16)12-10-21-9-11-23-15(14-21)13-18-17-7-4-8-19-20-17/h1-8,15H,9-14H2,(H,18,20)/t15-,24+/m0/s1. The average Bonchev–Trinajstić information content (AvgIpc) is 2.66. The first-order valence-corrected chi connectivity index (χ1v) is 9.42. The fourth-order valence-corrected chi connectivity index (χ4v) is 3.74. The number of ether oxygens (including phenoxy) is 1. The van der Waals surface area contributed by atoms with Crippen LogP contribution in [0.15, 0.2) is 53.6 Å². The maximum absolute atomic E-state index is 12.3. The van der Waals surface area contributed by atoms with Crippen molar-refractivity contribution in [3.05, 3.63) is 48.7 Å². The molecule has 2 atom stereocenters. The Morgan fingerprint density at radius 2 is 2.12 bits per heavy atom. The molecule has 0 unspecified atom stereocenters. The summed E-state index contributed by atoms with van der Waals surface area (Å²) in [6.07, 6.45) is 1.75. The average molecular weight is 346 g/mol. The molecule has 2 heterocycles. The Morgan fingerprint density at radius 3 is 2.92 bits per heavy atom. The molecule has 0 aliphatic carbocycles. The molecule has 1 aliphatic rings. The van der Waals surface area contributed by atoms with Crippen LogP contribution in [0.2, 0.25) is 0 Å². The van der Waals surface area contributed by atoms with E-state index in [1.54, 1.807) is 6.20 Å². The van der Waals surface area contributed by atoms with Gasteiger partial charge in [-0.3, -0.25) is 9.11 Å². The van der Waals surface area contributed by atoms with Gasteiger partial charge in [-0.2, -0.15) is 5.10 Å². The molecule has 1 fully saturated rings. The van der Waals surface area contributed by atoms with Crippen LogP contribution in [0.5, 0.6) is 0 Å². The number of rotatable bonds is 7. The summed E-state index contributed by atoms with van der Waals surface area (Å²) in [7, 11) is -0.946. The molecule has 7 heteroatoms. The van der Waals surface area contributed by atoms with Crippen molar-refractivity contribution in [3.8, 4) is 0 Å². The number of hydrogen-bond acceptors (Lipinski definition) is 6. The summed E-state index contributed by atoms with van der Waals surface area (Å²) in [6.45, 7) is 3.92. The SMILES string of the molecule is O=[S@](CCN1CCO[C@@H](CNc2cccnn2)C1)c1ccccc1. The van der Waals surface area contributed by atoms with Crippen molar-refractivity contribution in [1.29, 1.82) is 0 Å². The molecule has 2 aromatic rings. The van der Waals surface area contributed by atoms with E-state index < -0.39 is 10.8 Å². The van der Waals surface area contributed by atoms with Gasteiger partial charge in [-0.05, 0) is 24.3 Å². The minimum absolute atomic E-state index is 0.103. The number of anilines is 1. The maximum atomic E-state index is 12.3. The Balaban J connectivity index is 1.43.